The Morgan fingerprint density at radius 1 is 0.792 bits per heavy atom. The Hall–Kier alpha value is -3.28. The molecule has 2 aromatic carbocycles. The number of methoxy groups -OCH3 is 1. The van der Waals surface area contributed by atoms with E-state index in [9.17, 15) is 0 Å². The zero-order valence-corrected chi connectivity index (χ0v) is 13.0. The number of fused-ring (bicyclic) bond motifs is 2. The molecule has 0 spiro atoms. The lowest BCUT2D eigenvalue weighted by Gasteiger charge is -2.06. The van der Waals surface area contributed by atoms with E-state index >= 15 is 0 Å². The zero-order valence-electron chi connectivity index (χ0n) is 13.0. The molecule has 0 aliphatic rings. The normalized spacial score (nSPS) is 10.9. The van der Waals surface area contributed by atoms with E-state index in [1.807, 2.05) is 54.6 Å². The van der Waals surface area contributed by atoms with E-state index in [1.54, 1.807) is 7.11 Å². The summed E-state index contributed by atoms with van der Waals surface area (Å²) in [6.45, 7) is 0.286. The van der Waals surface area contributed by atoms with Crippen molar-refractivity contribution in [2.75, 3.05) is 7.11 Å². The summed E-state index contributed by atoms with van der Waals surface area (Å²) in [6.07, 6.45) is 0. The summed E-state index contributed by atoms with van der Waals surface area (Å²) in [6, 6.07) is 17.3. The third kappa shape index (κ3) is 2.81. The van der Waals surface area contributed by atoms with Crippen LogP contribution in [0.2, 0.25) is 0 Å². The number of aromatic nitrogens is 4. The zero-order chi connectivity index (χ0) is 16.4. The first kappa shape index (κ1) is 14.3. The first-order chi connectivity index (χ1) is 11.8. The predicted octanol–water partition coefficient (Wildman–Crippen LogP) is 3.16. The Morgan fingerprint density at radius 2 is 1.62 bits per heavy atom. The monoisotopic (exact) mass is 318 g/mol. The Labute approximate surface area is 138 Å². The largest absolute Gasteiger partial charge is 0.497 e. The van der Waals surface area contributed by atoms with Crippen molar-refractivity contribution in [1.29, 1.82) is 0 Å². The number of rotatable bonds is 4. The predicted molar refractivity (Wildman–Crippen MR) is 90.0 cm³/mol. The van der Waals surface area contributed by atoms with E-state index in [0.717, 1.165) is 33.2 Å². The molecule has 24 heavy (non-hydrogen) atoms. The first-order valence-electron chi connectivity index (χ1n) is 7.47. The SMILES string of the molecule is COc1ccc2cc(OCc3cc4ccccc4nn3)nnc2c1. The molecule has 0 N–H and O–H groups in total. The number of nitrogens with zero attached hydrogens (tertiary/aromatic N) is 4. The van der Waals surface area contributed by atoms with E-state index in [0.29, 0.717) is 5.88 Å². The highest BCUT2D eigenvalue weighted by molar-refractivity contribution is 5.80. The van der Waals surface area contributed by atoms with Crippen LogP contribution in [0.25, 0.3) is 21.8 Å². The molecule has 0 bridgehead atoms. The van der Waals surface area contributed by atoms with Gasteiger partial charge < -0.3 is 9.47 Å². The highest BCUT2D eigenvalue weighted by atomic mass is 16.5. The van der Waals surface area contributed by atoms with Crippen molar-refractivity contribution in [2.45, 2.75) is 6.61 Å². The molecular formula is C18H14N4O2. The number of hydrogen-bond donors (Lipinski definition) is 0. The highest BCUT2D eigenvalue weighted by Crippen LogP contribution is 2.21. The molecule has 0 aliphatic heterocycles. The van der Waals surface area contributed by atoms with Crippen molar-refractivity contribution in [1.82, 2.24) is 20.4 Å². The van der Waals surface area contributed by atoms with Crippen LogP contribution in [-0.2, 0) is 6.61 Å². The maximum Gasteiger partial charge on any atom is 0.234 e. The van der Waals surface area contributed by atoms with Crippen LogP contribution in [0.3, 0.4) is 0 Å². The fourth-order valence-corrected chi connectivity index (χ4v) is 2.44. The van der Waals surface area contributed by atoms with Crippen LogP contribution >= 0.6 is 0 Å². The molecule has 0 atom stereocenters. The molecule has 6 nitrogen and oxygen atoms in total. The van der Waals surface area contributed by atoms with E-state index in [1.165, 1.54) is 0 Å². The van der Waals surface area contributed by atoms with Crippen LogP contribution in [0.1, 0.15) is 5.69 Å². The minimum atomic E-state index is 0.286. The lowest BCUT2D eigenvalue weighted by Crippen LogP contribution is -2.02. The molecule has 4 aromatic rings. The van der Waals surface area contributed by atoms with Crippen molar-refractivity contribution in [3.63, 3.8) is 0 Å². The lowest BCUT2D eigenvalue weighted by atomic mass is 10.2. The summed E-state index contributed by atoms with van der Waals surface area (Å²) in [4.78, 5) is 0. The molecular weight excluding hydrogens is 304 g/mol. The van der Waals surface area contributed by atoms with Crippen molar-refractivity contribution in [2.24, 2.45) is 0 Å². The van der Waals surface area contributed by atoms with E-state index in [-0.39, 0.29) is 6.61 Å². The van der Waals surface area contributed by atoms with Gasteiger partial charge in [0.25, 0.3) is 0 Å². The second kappa shape index (κ2) is 6.08. The summed E-state index contributed by atoms with van der Waals surface area (Å²) >= 11 is 0. The van der Waals surface area contributed by atoms with Crippen molar-refractivity contribution >= 4 is 21.8 Å². The molecule has 0 aliphatic carbocycles. The van der Waals surface area contributed by atoms with Gasteiger partial charge >= 0.3 is 0 Å². The van der Waals surface area contributed by atoms with Gasteiger partial charge in [-0.3, -0.25) is 0 Å². The van der Waals surface area contributed by atoms with Gasteiger partial charge in [-0.25, -0.2) is 0 Å². The van der Waals surface area contributed by atoms with Gasteiger partial charge in [0.2, 0.25) is 5.88 Å². The Balaban J connectivity index is 1.54. The van der Waals surface area contributed by atoms with Gasteiger partial charge in [-0.05, 0) is 24.3 Å². The summed E-state index contributed by atoms with van der Waals surface area (Å²) < 4.78 is 10.9. The Bertz CT molecular complexity index is 1020. The fourth-order valence-electron chi connectivity index (χ4n) is 2.44. The number of hydrogen-bond acceptors (Lipinski definition) is 6. The van der Waals surface area contributed by atoms with Crippen LogP contribution in [0.4, 0.5) is 0 Å². The fraction of sp³-hybridized carbons (Fsp3) is 0.111. The minimum Gasteiger partial charge on any atom is -0.497 e. The van der Waals surface area contributed by atoms with Gasteiger partial charge in [-0.2, -0.15) is 10.2 Å². The molecule has 0 fully saturated rings. The summed E-state index contributed by atoms with van der Waals surface area (Å²) in [5.74, 6) is 1.19. The van der Waals surface area contributed by atoms with Crippen LogP contribution in [0.15, 0.2) is 54.6 Å². The molecule has 0 amide bonds. The Kier molecular flexibility index (Phi) is 3.63. The average Bonchev–Trinajstić information content (AvgIpc) is 2.65. The molecule has 2 heterocycles. The third-order valence-electron chi connectivity index (χ3n) is 3.69. The maximum atomic E-state index is 5.70. The van der Waals surface area contributed by atoms with Crippen molar-refractivity contribution in [3.8, 4) is 11.6 Å². The minimum absolute atomic E-state index is 0.286. The number of ether oxygens (including phenoxy) is 2. The summed E-state index contributed by atoms with van der Waals surface area (Å²) in [5.41, 5.74) is 2.36. The van der Waals surface area contributed by atoms with Gasteiger partial charge in [0.15, 0.2) is 0 Å². The van der Waals surface area contributed by atoms with Crippen LogP contribution in [0.5, 0.6) is 11.6 Å². The smallest absolute Gasteiger partial charge is 0.234 e. The maximum absolute atomic E-state index is 5.70. The lowest BCUT2D eigenvalue weighted by molar-refractivity contribution is 0.285. The van der Waals surface area contributed by atoms with Gasteiger partial charge in [0.1, 0.15) is 18.1 Å². The van der Waals surface area contributed by atoms with Gasteiger partial charge in [0.05, 0.1) is 18.1 Å². The standard InChI is InChI=1S/C18H14N4O2/c1-23-15-7-6-13-9-18(22-21-17(13)10-15)24-11-14-8-12-4-2-3-5-16(12)20-19-14/h2-10H,11H2,1H3. The third-order valence-corrected chi connectivity index (χ3v) is 3.69. The molecule has 4 rings (SSSR count). The molecule has 6 heteroatoms. The van der Waals surface area contributed by atoms with E-state index in [2.05, 4.69) is 20.4 Å². The Morgan fingerprint density at radius 3 is 2.54 bits per heavy atom. The van der Waals surface area contributed by atoms with Gasteiger partial charge in [-0.1, -0.05) is 18.2 Å². The van der Waals surface area contributed by atoms with E-state index in [4.69, 9.17) is 9.47 Å². The summed E-state index contributed by atoms with van der Waals surface area (Å²) in [5, 5.41) is 18.6. The van der Waals surface area contributed by atoms with Gasteiger partial charge in [0, 0.05) is 22.9 Å². The quantitative estimate of drug-likeness (QED) is 0.575. The molecule has 0 saturated carbocycles. The molecule has 2 aromatic heterocycles. The molecule has 0 saturated heterocycles. The number of benzene rings is 2. The van der Waals surface area contributed by atoms with Crippen LogP contribution < -0.4 is 9.47 Å². The average molecular weight is 318 g/mol. The second-order valence-corrected chi connectivity index (χ2v) is 5.29. The topological polar surface area (TPSA) is 70.0 Å². The molecule has 0 radical (unpaired) electrons. The van der Waals surface area contributed by atoms with Gasteiger partial charge in [-0.15, -0.1) is 10.2 Å². The first-order valence-corrected chi connectivity index (χ1v) is 7.47. The molecule has 118 valence electrons. The highest BCUT2D eigenvalue weighted by Gasteiger charge is 2.05. The van der Waals surface area contributed by atoms with Crippen LogP contribution in [0, 0.1) is 0 Å². The van der Waals surface area contributed by atoms with Crippen molar-refractivity contribution in [3.05, 3.63) is 60.3 Å². The second-order valence-electron chi connectivity index (χ2n) is 5.29. The van der Waals surface area contributed by atoms with E-state index < -0.39 is 0 Å². The summed E-state index contributed by atoms with van der Waals surface area (Å²) in [7, 11) is 1.62. The molecule has 0 unspecified atom stereocenters. The van der Waals surface area contributed by atoms with Crippen molar-refractivity contribution < 1.29 is 9.47 Å². The van der Waals surface area contributed by atoms with Crippen LogP contribution in [-0.4, -0.2) is 27.5 Å².